The van der Waals surface area contributed by atoms with E-state index in [9.17, 15) is 4.79 Å². The zero-order valence-corrected chi connectivity index (χ0v) is 10.9. The summed E-state index contributed by atoms with van der Waals surface area (Å²) in [7, 11) is 0. The van der Waals surface area contributed by atoms with Gasteiger partial charge in [0.2, 0.25) is 5.91 Å². The Kier molecular flexibility index (Phi) is 2.86. The molecule has 0 bridgehead atoms. The van der Waals surface area contributed by atoms with Crippen LogP contribution in [0.3, 0.4) is 0 Å². The summed E-state index contributed by atoms with van der Waals surface area (Å²) in [6, 6.07) is 8.31. The molecule has 2 aliphatic rings. The highest BCUT2D eigenvalue weighted by molar-refractivity contribution is 6.08. The molecule has 1 unspecified atom stereocenters. The molecule has 1 spiro atoms. The Hall–Kier alpha value is -1.35. The molecular formula is C15H20N2O. The van der Waals surface area contributed by atoms with Gasteiger partial charge in [-0.2, -0.15) is 0 Å². The summed E-state index contributed by atoms with van der Waals surface area (Å²) in [4.78, 5) is 14.8. The van der Waals surface area contributed by atoms with Crippen LogP contribution in [-0.4, -0.2) is 25.5 Å². The summed E-state index contributed by atoms with van der Waals surface area (Å²) in [6.45, 7) is 4.78. The average Bonchev–Trinajstić information content (AvgIpc) is 2.64. The number of carbonyl (C=O) groups excluding carboxylic acids is 1. The van der Waals surface area contributed by atoms with Crippen LogP contribution in [0.15, 0.2) is 24.3 Å². The van der Waals surface area contributed by atoms with Gasteiger partial charge in [-0.25, -0.2) is 0 Å². The van der Waals surface area contributed by atoms with Crippen LogP contribution < -0.4 is 10.2 Å². The topological polar surface area (TPSA) is 32.3 Å². The summed E-state index contributed by atoms with van der Waals surface area (Å²) in [5.41, 5.74) is 2.08. The summed E-state index contributed by atoms with van der Waals surface area (Å²) >= 11 is 0. The Labute approximate surface area is 108 Å². The van der Waals surface area contributed by atoms with E-state index >= 15 is 0 Å². The summed E-state index contributed by atoms with van der Waals surface area (Å²) in [5.74, 6) is 0.303. The van der Waals surface area contributed by atoms with E-state index in [2.05, 4.69) is 30.4 Å². The minimum absolute atomic E-state index is 0.288. The van der Waals surface area contributed by atoms with Crippen molar-refractivity contribution in [3.05, 3.63) is 29.8 Å². The normalized spacial score (nSPS) is 26.7. The van der Waals surface area contributed by atoms with E-state index in [-0.39, 0.29) is 5.41 Å². The molecule has 96 valence electrons. The van der Waals surface area contributed by atoms with Crippen molar-refractivity contribution in [2.45, 2.75) is 31.6 Å². The van der Waals surface area contributed by atoms with Gasteiger partial charge in [-0.15, -0.1) is 0 Å². The number of rotatable bonds is 2. The van der Waals surface area contributed by atoms with E-state index in [1.165, 1.54) is 5.56 Å². The quantitative estimate of drug-likeness (QED) is 0.863. The van der Waals surface area contributed by atoms with Crippen molar-refractivity contribution >= 4 is 11.6 Å². The molecule has 1 N–H and O–H groups in total. The van der Waals surface area contributed by atoms with Crippen LogP contribution in [0, 0.1) is 0 Å². The maximum Gasteiger partial charge on any atom is 0.239 e. The highest BCUT2D eigenvalue weighted by Gasteiger charge is 2.50. The molecule has 1 aromatic carbocycles. The Morgan fingerprint density at radius 3 is 2.94 bits per heavy atom. The molecule has 0 radical (unpaired) electrons. The molecule has 0 aliphatic carbocycles. The number of nitrogens with one attached hydrogen (secondary N) is 1. The van der Waals surface area contributed by atoms with Gasteiger partial charge in [-0.05, 0) is 37.4 Å². The molecular weight excluding hydrogens is 224 g/mol. The number of carbonyl (C=O) groups is 1. The average molecular weight is 244 g/mol. The van der Waals surface area contributed by atoms with Crippen molar-refractivity contribution in [1.29, 1.82) is 0 Å². The van der Waals surface area contributed by atoms with E-state index in [1.807, 2.05) is 11.0 Å². The van der Waals surface area contributed by atoms with Gasteiger partial charge < -0.3 is 10.2 Å². The Morgan fingerprint density at radius 2 is 2.22 bits per heavy atom. The lowest BCUT2D eigenvalue weighted by atomic mass is 9.76. The summed E-state index contributed by atoms with van der Waals surface area (Å²) in [5, 5.41) is 3.40. The first-order chi connectivity index (χ1) is 8.79. The van der Waals surface area contributed by atoms with Crippen molar-refractivity contribution < 1.29 is 4.79 Å². The molecule has 1 aromatic rings. The molecule has 18 heavy (non-hydrogen) atoms. The maximum absolute atomic E-state index is 12.8. The minimum atomic E-state index is -0.288. The van der Waals surface area contributed by atoms with Gasteiger partial charge in [0.15, 0.2) is 0 Å². The van der Waals surface area contributed by atoms with Crippen molar-refractivity contribution in [2.24, 2.45) is 0 Å². The van der Waals surface area contributed by atoms with Crippen LogP contribution in [0.1, 0.15) is 31.7 Å². The highest BCUT2D eigenvalue weighted by atomic mass is 16.2. The summed E-state index contributed by atoms with van der Waals surface area (Å²) in [6.07, 6.45) is 3.07. The molecule has 3 heteroatoms. The first-order valence-corrected chi connectivity index (χ1v) is 6.92. The fourth-order valence-electron chi connectivity index (χ4n) is 3.36. The lowest BCUT2D eigenvalue weighted by molar-refractivity contribution is -0.123. The maximum atomic E-state index is 12.8. The van der Waals surface area contributed by atoms with Crippen molar-refractivity contribution in [3.63, 3.8) is 0 Å². The first kappa shape index (κ1) is 11.7. The molecule has 0 aromatic heterocycles. The monoisotopic (exact) mass is 244 g/mol. The number of piperidine rings is 1. The van der Waals surface area contributed by atoms with Gasteiger partial charge >= 0.3 is 0 Å². The predicted octanol–water partition coefficient (Wildman–Crippen LogP) is 2.06. The lowest BCUT2D eigenvalue weighted by Gasteiger charge is -2.33. The Bertz CT molecular complexity index is 463. The van der Waals surface area contributed by atoms with Gasteiger partial charge in [0.05, 0.1) is 5.41 Å². The van der Waals surface area contributed by atoms with Crippen molar-refractivity contribution in [3.8, 4) is 0 Å². The van der Waals surface area contributed by atoms with Crippen LogP contribution >= 0.6 is 0 Å². The van der Waals surface area contributed by atoms with Crippen LogP contribution in [0.2, 0.25) is 0 Å². The van der Waals surface area contributed by atoms with Gasteiger partial charge in [0, 0.05) is 18.8 Å². The number of para-hydroxylation sites is 1. The zero-order chi connectivity index (χ0) is 12.6. The third kappa shape index (κ3) is 1.50. The Balaban J connectivity index is 2.08. The first-order valence-electron chi connectivity index (χ1n) is 6.92. The molecule has 3 rings (SSSR count). The molecule has 2 aliphatic heterocycles. The van der Waals surface area contributed by atoms with E-state index in [0.29, 0.717) is 5.91 Å². The van der Waals surface area contributed by atoms with E-state index in [4.69, 9.17) is 0 Å². The van der Waals surface area contributed by atoms with Crippen molar-refractivity contribution in [2.75, 3.05) is 24.5 Å². The number of benzene rings is 1. The highest BCUT2D eigenvalue weighted by Crippen LogP contribution is 2.45. The second kappa shape index (κ2) is 4.39. The number of amides is 1. The second-order valence-electron chi connectivity index (χ2n) is 5.34. The van der Waals surface area contributed by atoms with E-state index in [1.54, 1.807) is 0 Å². The number of fused-ring (bicyclic) bond motifs is 2. The summed E-state index contributed by atoms with van der Waals surface area (Å²) < 4.78 is 0. The second-order valence-corrected chi connectivity index (χ2v) is 5.34. The molecule has 3 nitrogen and oxygen atoms in total. The van der Waals surface area contributed by atoms with E-state index in [0.717, 1.165) is 44.6 Å². The smallest absolute Gasteiger partial charge is 0.239 e. The standard InChI is InChI=1S/C15H20N2O/c1-2-10-17-13-7-4-3-6-12(13)15(14(17)18)8-5-9-16-11-15/h3-4,6-7,16H,2,5,8-11H2,1H3. The molecule has 1 amide bonds. The fraction of sp³-hybridized carbons (Fsp3) is 0.533. The minimum Gasteiger partial charge on any atom is -0.315 e. The van der Waals surface area contributed by atoms with Gasteiger partial charge in [0.25, 0.3) is 0 Å². The van der Waals surface area contributed by atoms with Crippen LogP contribution in [0.5, 0.6) is 0 Å². The number of hydrogen-bond donors (Lipinski definition) is 1. The molecule has 1 saturated heterocycles. The molecule has 2 heterocycles. The lowest BCUT2D eigenvalue weighted by Crippen LogP contribution is -2.50. The number of nitrogens with zero attached hydrogens (tertiary/aromatic N) is 1. The number of hydrogen-bond acceptors (Lipinski definition) is 2. The Morgan fingerprint density at radius 1 is 1.39 bits per heavy atom. The predicted molar refractivity (Wildman–Crippen MR) is 72.9 cm³/mol. The largest absolute Gasteiger partial charge is 0.315 e. The van der Waals surface area contributed by atoms with Crippen molar-refractivity contribution in [1.82, 2.24) is 5.32 Å². The van der Waals surface area contributed by atoms with Gasteiger partial charge in [-0.1, -0.05) is 25.1 Å². The third-order valence-corrected chi connectivity index (χ3v) is 4.20. The SMILES string of the molecule is CCCN1C(=O)C2(CCCNC2)c2ccccc21. The third-order valence-electron chi connectivity index (χ3n) is 4.20. The van der Waals surface area contributed by atoms with Crippen LogP contribution in [0.25, 0.3) is 0 Å². The van der Waals surface area contributed by atoms with E-state index < -0.39 is 0 Å². The van der Waals surface area contributed by atoms with Crippen LogP contribution in [0.4, 0.5) is 5.69 Å². The number of anilines is 1. The molecule has 1 fully saturated rings. The molecule has 1 atom stereocenters. The zero-order valence-electron chi connectivity index (χ0n) is 10.9. The molecule has 0 saturated carbocycles. The fourth-order valence-corrected chi connectivity index (χ4v) is 3.36. The van der Waals surface area contributed by atoms with Gasteiger partial charge in [0.1, 0.15) is 0 Å². The van der Waals surface area contributed by atoms with Crippen LogP contribution in [-0.2, 0) is 10.2 Å². The van der Waals surface area contributed by atoms with Gasteiger partial charge in [-0.3, -0.25) is 4.79 Å².